The second kappa shape index (κ2) is 5.51. The van der Waals surface area contributed by atoms with Gasteiger partial charge in [-0.3, -0.25) is 10.1 Å². The van der Waals surface area contributed by atoms with Crippen LogP contribution in [0.15, 0.2) is 18.2 Å². The molecule has 6 heteroatoms. The number of terminal acetylenes is 1. The molecule has 0 amide bonds. The molecule has 0 spiro atoms. The van der Waals surface area contributed by atoms with Crippen molar-refractivity contribution in [2.75, 3.05) is 11.9 Å². The number of hydrogen-bond donors (Lipinski definition) is 2. The van der Waals surface area contributed by atoms with Crippen molar-refractivity contribution >= 4 is 17.3 Å². The maximum atomic E-state index is 10.8. The Hall–Kier alpha value is -2.55. The lowest BCUT2D eigenvalue weighted by Gasteiger charge is -2.05. The zero-order chi connectivity index (χ0) is 12.8. The number of nitrogens with zero attached hydrogens (tertiary/aromatic N) is 1. The molecule has 1 rings (SSSR count). The summed E-state index contributed by atoms with van der Waals surface area (Å²) in [4.78, 5) is 20.8. The van der Waals surface area contributed by atoms with E-state index in [2.05, 4.69) is 11.2 Å². The van der Waals surface area contributed by atoms with Gasteiger partial charge in [-0.25, -0.2) is 4.79 Å². The number of anilines is 1. The van der Waals surface area contributed by atoms with E-state index in [0.29, 0.717) is 13.0 Å². The zero-order valence-electron chi connectivity index (χ0n) is 8.84. The van der Waals surface area contributed by atoms with Gasteiger partial charge in [0.1, 0.15) is 5.69 Å². The summed E-state index contributed by atoms with van der Waals surface area (Å²) < 4.78 is 0. The monoisotopic (exact) mass is 234 g/mol. The van der Waals surface area contributed by atoms with Crippen LogP contribution in [0, 0.1) is 22.5 Å². The minimum Gasteiger partial charge on any atom is -0.478 e. The van der Waals surface area contributed by atoms with E-state index in [1.807, 2.05) is 0 Å². The molecule has 1 aromatic rings. The maximum absolute atomic E-state index is 10.8. The van der Waals surface area contributed by atoms with Gasteiger partial charge in [-0.2, -0.15) is 0 Å². The van der Waals surface area contributed by atoms with Gasteiger partial charge in [0.05, 0.1) is 10.5 Å². The molecule has 0 heterocycles. The third kappa shape index (κ3) is 3.21. The number of rotatable bonds is 5. The lowest BCUT2D eigenvalue weighted by atomic mass is 10.1. The van der Waals surface area contributed by atoms with Gasteiger partial charge in [0.15, 0.2) is 0 Å². The standard InChI is InChI=1S/C11H10N2O4/c1-2-3-6-12-9-5-4-8(11(14)15)7-10(9)13(16)17/h1,4-5,7,12H,3,6H2,(H,14,15). The first-order valence-electron chi connectivity index (χ1n) is 4.75. The summed E-state index contributed by atoms with van der Waals surface area (Å²) in [7, 11) is 0. The van der Waals surface area contributed by atoms with Crippen LogP contribution >= 0.6 is 0 Å². The Morgan fingerprint density at radius 3 is 2.82 bits per heavy atom. The number of nitro groups is 1. The fourth-order valence-corrected chi connectivity index (χ4v) is 1.23. The number of hydrogen-bond acceptors (Lipinski definition) is 4. The highest BCUT2D eigenvalue weighted by Crippen LogP contribution is 2.25. The molecule has 0 saturated carbocycles. The molecule has 0 fully saturated rings. The van der Waals surface area contributed by atoms with Crippen molar-refractivity contribution in [1.29, 1.82) is 0 Å². The SMILES string of the molecule is C#CCCNc1ccc(C(=O)O)cc1[N+](=O)[O-]. The molecular formula is C11H10N2O4. The molecule has 0 radical (unpaired) electrons. The summed E-state index contributed by atoms with van der Waals surface area (Å²) in [5.41, 5.74) is -0.142. The fourth-order valence-electron chi connectivity index (χ4n) is 1.23. The van der Waals surface area contributed by atoms with Crippen LogP contribution in [-0.2, 0) is 0 Å². The van der Waals surface area contributed by atoms with Gasteiger partial charge in [0.25, 0.3) is 5.69 Å². The summed E-state index contributed by atoms with van der Waals surface area (Å²) in [6, 6.07) is 3.67. The number of nitro benzene ring substituents is 1. The summed E-state index contributed by atoms with van der Waals surface area (Å²) in [5.74, 6) is 1.18. The van der Waals surface area contributed by atoms with Gasteiger partial charge < -0.3 is 10.4 Å². The Morgan fingerprint density at radius 1 is 1.59 bits per heavy atom. The topological polar surface area (TPSA) is 92.5 Å². The van der Waals surface area contributed by atoms with Crippen LogP contribution < -0.4 is 5.32 Å². The van der Waals surface area contributed by atoms with E-state index in [0.717, 1.165) is 6.07 Å². The highest BCUT2D eigenvalue weighted by atomic mass is 16.6. The highest BCUT2D eigenvalue weighted by molar-refractivity contribution is 5.89. The Balaban J connectivity index is 3.01. The highest BCUT2D eigenvalue weighted by Gasteiger charge is 2.16. The van der Waals surface area contributed by atoms with E-state index in [1.54, 1.807) is 0 Å². The number of benzene rings is 1. The van der Waals surface area contributed by atoms with Crippen LogP contribution in [0.3, 0.4) is 0 Å². The predicted octanol–water partition coefficient (Wildman–Crippen LogP) is 1.73. The largest absolute Gasteiger partial charge is 0.478 e. The third-order valence-electron chi connectivity index (χ3n) is 2.03. The van der Waals surface area contributed by atoms with Crippen molar-refractivity contribution in [3.63, 3.8) is 0 Å². The van der Waals surface area contributed by atoms with Crippen LogP contribution in [0.2, 0.25) is 0 Å². The van der Waals surface area contributed by atoms with Crippen molar-refractivity contribution in [3.8, 4) is 12.3 Å². The Bertz CT molecular complexity index is 491. The van der Waals surface area contributed by atoms with E-state index < -0.39 is 10.9 Å². The predicted molar refractivity (Wildman–Crippen MR) is 62.0 cm³/mol. The molecule has 0 aliphatic rings. The van der Waals surface area contributed by atoms with E-state index in [9.17, 15) is 14.9 Å². The van der Waals surface area contributed by atoms with Crippen molar-refractivity contribution in [2.24, 2.45) is 0 Å². The van der Waals surface area contributed by atoms with Crippen molar-refractivity contribution < 1.29 is 14.8 Å². The molecule has 0 atom stereocenters. The molecule has 0 aromatic heterocycles. The third-order valence-corrected chi connectivity index (χ3v) is 2.03. The lowest BCUT2D eigenvalue weighted by Crippen LogP contribution is -2.05. The minimum absolute atomic E-state index is 0.126. The molecule has 0 aliphatic heterocycles. The number of aromatic carboxylic acids is 1. The van der Waals surface area contributed by atoms with Crippen LogP contribution in [0.5, 0.6) is 0 Å². The smallest absolute Gasteiger partial charge is 0.335 e. The fraction of sp³-hybridized carbons (Fsp3) is 0.182. The summed E-state index contributed by atoms with van der Waals surface area (Å²) >= 11 is 0. The first-order chi connectivity index (χ1) is 8.06. The van der Waals surface area contributed by atoms with Crippen LogP contribution in [0.4, 0.5) is 11.4 Å². The van der Waals surface area contributed by atoms with Crippen molar-refractivity contribution in [1.82, 2.24) is 0 Å². The van der Waals surface area contributed by atoms with Crippen molar-refractivity contribution in [2.45, 2.75) is 6.42 Å². The molecular weight excluding hydrogens is 224 g/mol. The van der Waals surface area contributed by atoms with E-state index in [-0.39, 0.29) is 16.9 Å². The Kier molecular flexibility index (Phi) is 4.06. The summed E-state index contributed by atoms with van der Waals surface area (Å²) in [6.45, 7) is 0.393. The Labute approximate surface area is 97.4 Å². The molecule has 0 aliphatic carbocycles. The molecule has 0 unspecified atom stereocenters. The van der Waals surface area contributed by atoms with Gasteiger partial charge in [-0.1, -0.05) is 0 Å². The van der Waals surface area contributed by atoms with Gasteiger partial charge in [0.2, 0.25) is 0 Å². The number of carboxylic acids is 1. The summed E-state index contributed by atoms with van der Waals surface area (Å²) in [5, 5.41) is 22.3. The van der Waals surface area contributed by atoms with Gasteiger partial charge in [-0.15, -0.1) is 12.3 Å². The molecule has 17 heavy (non-hydrogen) atoms. The first kappa shape index (κ1) is 12.5. The average Bonchev–Trinajstić information content (AvgIpc) is 2.29. The van der Waals surface area contributed by atoms with Gasteiger partial charge >= 0.3 is 5.97 Å². The molecule has 2 N–H and O–H groups in total. The normalized spacial score (nSPS) is 9.35. The molecule has 88 valence electrons. The second-order valence-electron chi connectivity index (χ2n) is 3.18. The quantitative estimate of drug-likeness (QED) is 0.350. The first-order valence-corrected chi connectivity index (χ1v) is 4.75. The number of carbonyl (C=O) groups is 1. The molecule has 0 saturated heterocycles. The zero-order valence-corrected chi connectivity index (χ0v) is 8.84. The lowest BCUT2D eigenvalue weighted by molar-refractivity contribution is -0.384. The maximum Gasteiger partial charge on any atom is 0.335 e. The second-order valence-corrected chi connectivity index (χ2v) is 3.18. The van der Waals surface area contributed by atoms with Crippen molar-refractivity contribution in [3.05, 3.63) is 33.9 Å². The van der Waals surface area contributed by atoms with E-state index in [4.69, 9.17) is 11.5 Å². The Morgan fingerprint density at radius 2 is 2.29 bits per heavy atom. The average molecular weight is 234 g/mol. The van der Waals surface area contributed by atoms with Crippen LogP contribution in [0.1, 0.15) is 16.8 Å². The molecule has 1 aromatic carbocycles. The van der Waals surface area contributed by atoms with E-state index >= 15 is 0 Å². The van der Waals surface area contributed by atoms with Crippen LogP contribution in [-0.4, -0.2) is 22.5 Å². The van der Waals surface area contributed by atoms with E-state index in [1.165, 1.54) is 12.1 Å². The van der Waals surface area contributed by atoms with Crippen LogP contribution in [0.25, 0.3) is 0 Å². The van der Waals surface area contributed by atoms with Gasteiger partial charge in [0, 0.05) is 19.0 Å². The number of nitrogens with one attached hydrogen (secondary N) is 1. The van der Waals surface area contributed by atoms with Gasteiger partial charge in [-0.05, 0) is 12.1 Å². The number of carboxylic acid groups (broad SMARTS) is 1. The molecule has 6 nitrogen and oxygen atoms in total. The molecule has 0 bridgehead atoms. The minimum atomic E-state index is -1.21. The summed E-state index contributed by atoms with van der Waals surface area (Å²) in [6.07, 6.45) is 5.48.